The molecule has 0 aliphatic heterocycles. The average molecular weight is 859 g/mol. The predicted molar refractivity (Wildman–Crippen MR) is 251 cm³/mol. The monoisotopic (exact) mass is 858 g/mol. The van der Waals surface area contributed by atoms with E-state index in [4.69, 9.17) is 18.9 Å². The van der Waals surface area contributed by atoms with Crippen molar-refractivity contribution in [2.75, 3.05) is 31.8 Å². The van der Waals surface area contributed by atoms with Crippen molar-refractivity contribution in [1.29, 1.82) is 0 Å². The quantitative estimate of drug-likeness (QED) is 0.0209. The molecule has 0 aromatic heterocycles. The maximum atomic E-state index is 12.8. The second-order valence-electron chi connectivity index (χ2n) is 14.0. The minimum absolute atomic E-state index is 0.253. The molecule has 0 spiro atoms. The molecule has 7 nitrogen and oxygen atoms in total. The Morgan fingerprint density at radius 3 is 1.52 bits per heavy atom. The van der Waals surface area contributed by atoms with Crippen LogP contribution in [0.15, 0.2) is 150 Å². The van der Waals surface area contributed by atoms with Gasteiger partial charge in [0.05, 0.1) is 20.3 Å². The van der Waals surface area contributed by atoms with Crippen LogP contribution in [0.1, 0.15) is 63.9 Å². The van der Waals surface area contributed by atoms with Gasteiger partial charge < -0.3 is 18.9 Å². The molecule has 0 bridgehead atoms. The summed E-state index contributed by atoms with van der Waals surface area (Å²) in [5.41, 5.74) is 4.56. The summed E-state index contributed by atoms with van der Waals surface area (Å²) in [5, 5.41) is 4.50. The Kier molecular flexibility index (Phi) is 16.9. The Labute approximate surface area is 371 Å². The number of carbonyl (C=O) groups excluding carboxylic acids is 3. The van der Waals surface area contributed by atoms with Crippen molar-refractivity contribution < 1.29 is 33.3 Å². The van der Waals surface area contributed by atoms with Crippen molar-refractivity contribution in [3.63, 3.8) is 0 Å². The molecule has 0 radical (unpaired) electrons. The number of hydrogen-bond acceptors (Lipinski definition) is 9. The number of ether oxygens (including phenoxy) is 4. The largest absolute Gasteiger partial charge is 0.488 e. The first-order valence-corrected chi connectivity index (χ1v) is 22.2. The molecular weight excluding hydrogens is 813 g/mol. The molecule has 0 atom stereocenters. The number of esters is 3. The van der Waals surface area contributed by atoms with Gasteiger partial charge >= 0.3 is 17.9 Å². The minimum Gasteiger partial charge on any atom is -0.488 e. The Morgan fingerprint density at radius 1 is 0.548 bits per heavy atom. The molecule has 0 unspecified atom stereocenters. The summed E-state index contributed by atoms with van der Waals surface area (Å²) in [4.78, 5) is 37.5. The molecule has 9 heteroatoms. The molecule has 6 rings (SSSR count). The highest BCUT2D eigenvalue weighted by molar-refractivity contribution is 7.99. The molecule has 0 aliphatic carbocycles. The third kappa shape index (κ3) is 13.7. The number of hydrogen-bond donors (Lipinski definition) is 0. The third-order valence-electron chi connectivity index (χ3n) is 9.50. The smallest absolute Gasteiger partial charge is 0.341 e. The molecule has 0 amide bonds. The van der Waals surface area contributed by atoms with Gasteiger partial charge in [0.25, 0.3) is 0 Å². The second kappa shape index (κ2) is 23.4. The van der Waals surface area contributed by atoms with Gasteiger partial charge in [-0.25, -0.2) is 14.4 Å². The average Bonchev–Trinajstić information content (AvgIpc) is 3.31. The lowest BCUT2D eigenvalue weighted by molar-refractivity contribution is -0.138. The highest BCUT2D eigenvalue weighted by atomic mass is 32.2. The first-order chi connectivity index (χ1) is 30.3. The van der Waals surface area contributed by atoms with Crippen molar-refractivity contribution in [2.24, 2.45) is 0 Å². The summed E-state index contributed by atoms with van der Waals surface area (Å²) in [5.74, 6) is 14.0. The van der Waals surface area contributed by atoms with Gasteiger partial charge in [0.2, 0.25) is 0 Å². The van der Waals surface area contributed by atoms with Gasteiger partial charge in [-0.15, -0.1) is 23.5 Å². The highest BCUT2D eigenvalue weighted by Crippen LogP contribution is 2.27. The summed E-state index contributed by atoms with van der Waals surface area (Å²) >= 11 is 3.57. The molecule has 6 aromatic rings. The predicted octanol–water partition coefficient (Wildman–Crippen LogP) is 11.4. The molecule has 0 N–H and O–H groups in total. The van der Waals surface area contributed by atoms with Gasteiger partial charge in [-0.05, 0) is 143 Å². The molecule has 0 fully saturated rings. The summed E-state index contributed by atoms with van der Waals surface area (Å²) in [6.45, 7) is 7.89. The molecular formula is C53H46O7S2. The number of methoxy groups -OCH3 is 1. The van der Waals surface area contributed by atoms with E-state index >= 15 is 0 Å². The molecule has 62 heavy (non-hydrogen) atoms. The van der Waals surface area contributed by atoms with Crippen LogP contribution >= 0.6 is 23.5 Å². The Morgan fingerprint density at radius 2 is 1.00 bits per heavy atom. The molecule has 0 heterocycles. The fourth-order valence-electron chi connectivity index (χ4n) is 6.17. The van der Waals surface area contributed by atoms with Crippen LogP contribution in [0.2, 0.25) is 0 Å². The van der Waals surface area contributed by atoms with Crippen LogP contribution in [0.4, 0.5) is 0 Å². The zero-order valence-electron chi connectivity index (χ0n) is 34.6. The minimum atomic E-state index is -0.504. The van der Waals surface area contributed by atoms with E-state index in [1.54, 1.807) is 35.7 Å². The molecule has 312 valence electrons. The van der Waals surface area contributed by atoms with Crippen molar-refractivity contribution >= 4 is 63.0 Å². The van der Waals surface area contributed by atoms with Crippen LogP contribution < -0.4 is 4.74 Å². The fraction of sp³-hybridized carbons (Fsp3) is 0.189. The van der Waals surface area contributed by atoms with E-state index in [9.17, 15) is 14.4 Å². The van der Waals surface area contributed by atoms with E-state index in [1.807, 2.05) is 42.5 Å². The number of thioether (sulfide) groups is 2. The summed E-state index contributed by atoms with van der Waals surface area (Å²) < 4.78 is 21.3. The van der Waals surface area contributed by atoms with Gasteiger partial charge in [0.15, 0.2) is 0 Å². The first-order valence-electron chi connectivity index (χ1n) is 20.2. The van der Waals surface area contributed by atoms with Gasteiger partial charge in [0.1, 0.15) is 17.9 Å². The van der Waals surface area contributed by atoms with Crippen LogP contribution in [-0.2, 0) is 30.4 Å². The van der Waals surface area contributed by atoms with E-state index in [-0.39, 0.29) is 18.5 Å². The van der Waals surface area contributed by atoms with E-state index in [0.29, 0.717) is 30.1 Å². The molecule has 0 aliphatic rings. The maximum absolute atomic E-state index is 12.8. The van der Waals surface area contributed by atoms with Crippen LogP contribution in [0.5, 0.6) is 5.75 Å². The third-order valence-corrected chi connectivity index (χ3v) is 11.7. The number of carbonyl (C=O) groups is 3. The summed E-state index contributed by atoms with van der Waals surface area (Å²) in [6.07, 6.45) is 5.90. The standard InChI is InChI=1S/C53H46O7S2/c1-4-51(54)58-28-6-8-30-61-47-25-23-43-32-39(18-21-45(43)35-47)13-10-38-11-16-42(17-12-38)37-60-50-27-20-41(34-49(50)53(56)57-3)15-14-40-19-22-46-36-48(26-24-44(46)33-40)62-31-9-7-29-59-52(55)5-2/h4-5,11-12,16-27,32-36H,1-2,6-9,28-31,37H2,3H3. The molecule has 0 saturated heterocycles. The lowest BCUT2D eigenvalue weighted by Gasteiger charge is -2.11. The van der Waals surface area contributed by atoms with Crippen molar-refractivity contribution in [1.82, 2.24) is 0 Å². The SMILES string of the molecule is C=CC(=O)OCCCCSc1ccc2cc(C#Cc3ccc(COc4ccc(C#Cc5ccc6cc(SCCCCOC(=O)C=C)ccc6c5)cc4C(=O)OC)cc3)ccc2c1. The Balaban J connectivity index is 1.01. The normalized spacial score (nSPS) is 10.5. The summed E-state index contributed by atoms with van der Waals surface area (Å²) in [6, 6.07) is 38.3. The van der Waals surface area contributed by atoms with Crippen LogP contribution in [-0.4, -0.2) is 49.7 Å². The second-order valence-corrected chi connectivity index (χ2v) is 16.3. The zero-order chi connectivity index (χ0) is 43.5. The van der Waals surface area contributed by atoms with E-state index < -0.39 is 5.97 Å². The van der Waals surface area contributed by atoms with Crippen molar-refractivity contribution in [3.05, 3.63) is 174 Å². The van der Waals surface area contributed by atoms with Crippen molar-refractivity contribution in [2.45, 2.75) is 42.1 Å². The van der Waals surface area contributed by atoms with Gasteiger partial charge in [0, 0.05) is 44.2 Å². The number of fused-ring (bicyclic) bond motifs is 2. The van der Waals surface area contributed by atoms with Crippen LogP contribution in [0, 0.1) is 23.7 Å². The van der Waals surface area contributed by atoms with Gasteiger partial charge in [-0.2, -0.15) is 0 Å². The van der Waals surface area contributed by atoms with Crippen LogP contribution in [0.25, 0.3) is 21.5 Å². The van der Waals surface area contributed by atoms with E-state index in [2.05, 4.69) is 97.5 Å². The lowest BCUT2D eigenvalue weighted by atomic mass is 10.1. The zero-order valence-corrected chi connectivity index (χ0v) is 36.2. The fourth-order valence-corrected chi connectivity index (χ4v) is 8.09. The Hall–Kier alpha value is -6.65. The highest BCUT2D eigenvalue weighted by Gasteiger charge is 2.14. The van der Waals surface area contributed by atoms with E-state index in [1.165, 1.54) is 29.1 Å². The number of benzene rings is 6. The van der Waals surface area contributed by atoms with Gasteiger partial charge in [-0.3, -0.25) is 0 Å². The molecule has 0 saturated carbocycles. The van der Waals surface area contributed by atoms with E-state index in [0.717, 1.165) is 81.0 Å². The summed E-state index contributed by atoms with van der Waals surface area (Å²) in [7, 11) is 1.35. The number of unbranched alkanes of at least 4 members (excludes halogenated alkanes) is 2. The first kappa shape index (κ1) is 44.9. The maximum Gasteiger partial charge on any atom is 0.341 e. The van der Waals surface area contributed by atoms with Gasteiger partial charge in [-0.1, -0.05) is 73.2 Å². The van der Waals surface area contributed by atoms with Crippen LogP contribution in [0.3, 0.4) is 0 Å². The lowest BCUT2D eigenvalue weighted by Crippen LogP contribution is -2.06. The molecule has 6 aromatic carbocycles. The van der Waals surface area contributed by atoms with Crippen molar-refractivity contribution in [3.8, 4) is 29.4 Å². The topological polar surface area (TPSA) is 88.1 Å². The Bertz CT molecular complexity index is 2700. The number of rotatable bonds is 18.